The second-order valence-corrected chi connectivity index (χ2v) is 10.4. The lowest BCUT2D eigenvalue weighted by Crippen LogP contribution is -2.36. The van der Waals surface area contributed by atoms with Crippen molar-refractivity contribution in [1.82, 2.24) is 4.90 Å². The highest BCUT2D eigenvalue weighted by molar-refractivity contribution is 8.18. The van der Waals surface area contributed by atoms with Crippen LogP contribution >= 0.6 is 46.6 Å². The zero-order valence-electron chi connectivity index (χ0n) is 19.5. The Morgan fingerprint density at radius 3 is 2.31 bits per heavy atom. The molecule has 0 aliphatic carbocycles. The summed E-state index contributed by atoms with van der Waals surface area (Å²) in [6.45, 7) is -0.505. The number of amides is 3. The quantitative estimate of drug-likeness (QED) is 0.273. The molecular formula is C26H16Cl3F3N2O4S. The highest BCUT2D eigenvalue weighted by atomic mass is 35.5. The smallest absolute Gasteiger partial charge is 0.416 e. The molecular weight excluding hydrogens is 600 g/mol. The maximum absolute atomic E-state index is 12.9. The number of imide groups is 1. The molecule has 13 heteroatoms. The molecule has 0 saturated carbocycles. The molecule has 0 spiro atoms. The molecule has 6 nitrogen and oxygen atoms in total. The van der Waals surface area contributed by atoms with E-state index in [4.69, 9.17) is 39.5 Å². The van der Waals surface area contributed by atoms with E-state index in [1.165, 1.54) is 24.3 Å². The number of ether oxygens (including phenoxy) is 1. The lowest BCUT2D eigenvalue weighted by Gasteiger charge is -2.13. The summed E-state index contributed by atoms with van der Waals surface area (Å²) in [6.07, 6.45) is -3.21. The van der Waals surface area contributed by atoms with E-state index in [-0.39, 0.29) is 33.0 Å². The van der Waals surface area contributed by atoms with Crippen molar-refractivity contribution in [2.75, 3.05) is 11.9 Å². The van der Waals surface area contributed by atoms with Gasteiger partial charge in [0.2, 0.25) is 5.91 Å². The predicted octanol–water partition coefficient (Wildman–Crippen LogP) is 7.92. The molecule has 39 heavy (non-hydrogen) atoms. The van der Waals surface area contributed by atoms with Crippen LogP contribution in [0.2, 0.25) is 15.1 Å². The summed E-state index contributed by atoms with van der Waals surface area (Å²) >= 11 is 19.2. The first kappa shape index (κ1) is 28.8. The summed E-state index contributed by atoms with van der Waals surface area (Å²) in [6, 6.07) is 14.0. The maximum Gasteiger partial charge on any atom is 0.416 e. The fourth-order valence-corrected chi connectivity index (χ4v) is 5.02. The van der Waals surface area contributed by atoms with Crippen LogP contribution in [0.5, 0.6) is 5.75 Å². The van der Waals surface area contributed by atoms with Crippen LogP contribution in [0, 0.1) is 0 Å². The normalized spacial score (nSPS) is 14.7. The molecule has 3 aromatic rings. The number of hydrogen-bond acceptors (Lipinski definition) is 5. The van der Waals surface area contributed by atoms with Crippen molar-refractivity contribution in [3.05, 3.63) is 97.3 Å². The van der Waals surface area contributed by atoms with E-state index in [2.05, 4.69) is 5.32 Å². The minimum atomic E-state index is -4.59. The number of benzene rings is 3. The molecule has 0 aromatic heterocycles. The van der Waals surface area contributed by atoms with Crippen molar-refractivity contribution in [3.63, 3.8) is 0 Å². The third-order valence-corrected chi connectivity index (χ3v) is 6.98. The average Bonchev–Trinajstić information content (AvgIpc) is 3.11. The van der Waals surface area contributed by atoms with Crippen molar-refractivity contribution < 1.29 is 32.3 Å². The van der Waals surface area contributed by atoms with Gasteiger partial charge in [-0.1, -0.05) is 53.0 Å². The standard InChI is InChI=1S/C26H16Cl3F3N2O4S/c27-17-6-4-14(5-7-17)13-38-23-19(28)8-15(9-20(23)29)10-21-24(36)34(25(37)39-21)12-22(35)33-18-3-1-2-16(11-18)26(30,31)32/h1-11H,12-13H2,(H,33,35)/b21-10-. The minimum Gasteiger partial charge on any atom is -0.486 e. The molecule has 4 rings (SSSR count). The number of carbonyl (C=O) groups is 3. The molecule has 0 unspecified atom stereocenters. The Hall–Kier alpha value is -3.18. The zero-order valence-corrected chi connectivity index (χ0v) is 22.6. The van der Waals surface area contributed by atoms with Crippen molar-refractivity contribution in [2.24, 2.45) is 0 Å². The summed E-state index contributed by atoms with van der Waals surface area (Å²) in [4.78, 5) is 38.3. The molecule has 1 aliphatic heterocycles. The Morgan fingerprint density at radius 2 is 1.67 bits per heavy atom. The number of thioether (sulfide) groups is 1. The van der Waals surface area contributed by atoms with Gasteiger partial charge in [0, 0.05) is 10.7 Å². The number of anilines is 1. The lowest BCUT2D eigenvalue weighted by atomic mass is 10.2. The van der Waals surface area contributed by atoms with Gasteiger partial charge in [0.05, 0.1) is 20.5 Å². The average molecular weight is 616 g/mol. The van der Waals surface area contributed by atoms with Gasteiger partial charge in [0.25, 0.3) is 11.1 Å². The lowest BCUT2D eigenvalue weighted by molar-refractivity contribution is -0.137. The molecule has 0 bridgehead atoms. The summed E-state index contributed by atoms with van der Waals surface area (Å²) in [7, 11) is 0. The van der Waals surface area contributed by atoms with Crippen LogP contribution in [0.15, 0.2) is 65.6 Å². The molecule has 1 aliphatic rings. The van der Waals surface area contributed by atoms with E-state index < -0.39 is 35.3 Å². The van der Waals surface area contributed by atoms with E-state index in [1.54, 1.807) is 24.3 Å². The number of rotatable bonds is 7. The second-order valence-electron chi connectivity index (χ2n) is 8.12. The minimum absolute atomic E-state index is 0.00818. The monoisotopic (exact) mass is 614 g/mol. The molecule has 202 valence electrons. The van der Waals surface area contributed by atoms with Crippen molar-refractivity contribution in [2.45, 2.75) is 12.8 Å². The Balaban J connectivity index is 1.42. The van der Waals surface area contributed by atoms with Crippen molar-refractivity contribution in [3.8, 4) is 5.75 Å². The highest BCUT2D eigenvalue weighted by Crippen LogP contribution is 2.38. The number of hydrogen-bond donors (Lipinski definition) is 1. The summed E-state index contributed by atoms with van der Waals surface area (Å²) in [5, 5.41) is 2.47. The Bertz CT molecular complexity index is 1460. The van der Waals surface area contributed by atoms with Crippen molar-refractivity contribution in [1.29, 1.82) is 0 Å². The number of nitrogens with zero attached hydrogens (tertiary/aromatic N) is 1. The first-order valence-corrected chi connectivity index (χ1v) is 12.9. The number of carbonyl (C=O) groups excluding carboxylic acids is 3. The van der Waals surface area contributed by atoms with Gasteiger partial charge in [-0.05, 0) is 71.4 Å². The van der Waals surface area contributed by atoms with Gasteiger partial charge in [-0.15, -0.1) is 0 Å². The van der Waals surface area contributed by atoms with Gasteiger partial charge < -0.3 is 10.1 Å². The molecule has 1 heterocycles. The van der Waals surface area contributed by atoms with E-state index in [1.807, 2.05) is 0 Å². The molecule has 3 amide bonds. The fourth-order valence-electron chi connectivity index (χ4n) is 3.44. The Kier molecular flexibility index (Phi) is 8.80. The topological polar surface area (TPSA) is 75.7 Å². The van der Waals surface area contributed by atoms with Gasteiger partial charge in [0.1, 0.15) is 13.2 Å². The van der Waals surface area contributed by atoms with Crippen LogP contribution in [-0.2, 0) is 22.4 Å². The van der Waals surface area contributed by atoms with E-state index >= 15 is 0 Å². The number of alkyl halides is 3. The van der Waals surface area contributed by atoms with Crippen LogP contribution in [-0.4, -0.2) is 28.5 Å². The van der Waals surface area contributed by atoms with Crippen LogP contribution in [0.25, 0.3) is 6.08 Å². The van der Waals surface area contributed by atoms with Crippen molar-refractivity contribution >= 4 is 75.4 Å². The van der Waals surface area contributed by atoms with E-state index in [9.17, 15) is 27.6 Å². The third kappa shape index (κ3) is 7.27. The fraction of sp³-hybridized carbons (Fsp3) is 0.115. The van der Waals surface area contributed by atoms with E-state index in [0.717, 1.165) is 23.8 Å². The molecule has 3 aromatic carbocycles. The SMILES string of the molecule is O=C(CN1C(=O)S/C(=C\c2cc(Cl)c(OCc3ccc(Cl)cc3)c(Cl)c2)C1=O)Nc1cccc(C(F)(F)F)c1. The van der Waals surface area contributed by atoms with Crippen LogP contribution in [0.4, 0.5) is 23.7 Å². The maximum atomic E-state index is 12.9. The van der Waals surface area contributed by atoms with Crippen LogP contribution in [0.1, 0.15) is 16.7 Å². The summed E-state index contributed by atoms with van der Waals surface area (Å²) < 4.78 is 44.4. The van der Waals surface area contributed by atoms with Gasteiger partial charge in [-0.2, -0.15) is 13.2 Å². The zero-order chi connectivity index (χ0) is 28.3. The predicted molar refractivity (Wildman–Crippen MR) is 145 cm³/mol. The van der Waals surface area contributed by atoms with Crippen LogP contribution in [0.3, 0.4) is 0 Å². The largest absolute Gasteiger partial charge is 0.486 e. The summed E-state index contributed by atoms with van der Waals surface area (Å²) in [5.74, 6) is -1.37. The molecule has 1 fully saturated rings. The second kappa shape index (κ2) is 11.9. The Labute approximate surface area is 239 Å². The first-order valence-electron chi connectivity index (χ1n) is 11.0. The molecule has 1 N–H and O–H groups in total. The highest BCUT2D eigenvalue weighted by Gasteiger charge is 2.36. The molecule has 1 saturated heterocycles. The molecule has 0 atom stereocenters. The third-order valence-electron chi connectivity index (χ3n) is 5.26. The van der Waals surface area contributed by atoms with E-state index in [0.29, 0.717) is 27.2 Å². The number of halogens is 6. The first-order chi connectivity index (χ1) is 18.4. The van der Waals surface area contributed by atoms with Gasteiger partial charge in [-0.3, -0.25) is 19.3 Å². The number of nitrogens with one attached hydrogen (secondary N) is 1. The summed E-state index contributed by atoms with van der Waals surface area (Å²) in [5.41, 5.74) is 0.164. The van der Waals surface area contributed by atoms with Gasteiger partial charge in [0.15, 0.2) is 5.75 Å². The van der Waals surface area contributed by atoms with Crippen LogP contribution < -0.4 is 10.1 Å². The van der Waals surface area contributed by atoms with Gasteiger partial charge in [-0.25, -0.2) is 0 Å². The molecule has 0 radical (unpaired) electrons. The Morgan fingerprint density at radius 1 is 1.00 bits per heavy atom. The van der Waals surface area contributed by atoms with Gasteiger partial charge >= 0.3 is 6.18 Å².